The number of methoxy groups -OCH3 is 1. The molecular weight excluding hydrogens is 228 g/mol. The molecule has 0 aliphatic rings. The first kappa shape index (κ1) is 17.4. The molecule has 1 atom stereocenters. The van der Waals surface area contributed by atoms with Gasteiger partial charge in [-0.15, -0.1) is 0 Å². The minimum Gasteiger partial charge on any atom is -0.468 e. The lowest BCUT2D eigenvalue weighted by Gasteiger charge is -2.32. The summed E-state index contributed by atoms with van der Waals surface area (Å²) in [6.07, 6.45) is 1.91. The van der Waals surface area contributed by atoms with Gasteiger partial charge in [0.25, 0.3) is 0 Å². The fourth-order valence-corrected chi connectivity index (χ4v) is 2.22. The minimum atomic E-state index is -0.593. The highest BCUT2D eigenvalue weighted by molar-refractivity contribution is 5.80. The maximum absolute atomic E-state index is 11.9. The van der Waals surface area contributed by atoms with Gasteiger partial charge >= 0.3 is 5.97 Å². The lowest BCUT2D eigenvalue weighted by Crippen LogP contribution is -2.54. The van der Waals surface area contributed by atoms with Gasteiger partial charge in [0, 0.05) is 12.6 Å². The van der Waals surface area contributed by atoms with Crippen LogP contribution in [0.2, 0.25) is 0 Å². The summed E-state index contributed by atoms with van der Waals surface area (Å²) in [4.78, 5) is 14.3. The first-order chi connectivity index (χ1) is 8.39. The molecule has 108 valence electrons. The Morgan fingerprint density at radius 2 is 1.94 bits per heavy atom. The van der Waals surface area contributed by atoms with E-state index in [2.05, 4.69) is 24.1 Å². The van der Waals surface area contributed by atoms with Crippen LogP contribution in [0.4, 0.5) is 0 Å². The van der Waals surface area contributed by atoms with E-state index in [0.29, 0.717) is 0 Å². The quantitative estimate of drug-likeness (QED) is 0.643. The van der Waals surface area contributed by atoms with E-state index in [1.807, 2.05) is 20.8 Å². The topological polar surface area (TPSA) is 41.6 Å². The number of hydrogen-bond acceptors (Lipinski definition) is 4. The van der Waals surface area contributed by atoms with Crippen molar-refractivity contribution in [2.75, 3.05) is 26.7 Å². The van der Waals surface area contributed by atoms with Gasteiger partial charge in [0.2, 0.25) is 0 Å². The monoisotopic (exact) mass is 258 g/mol. The second-order valence-corrected chi connectivity index (χ2v) is 5.31. The van der Waals surface area contributed by atoms with Crippen LogP contribution in [0, 0.1) is 0 Å². The molecule has 0 aromatic carbocycles. The Labute approximate surface area is 112 Å². The van der Waals surface area contributed by atoms with Gasteiger partial charge in [0.05, 0.1) is 7.11 Å². The minimum absolute atomic E-state index is 0.177. The molecular formula is C14H30N2O2. The molecule has 0 rings (SSSR count). The fraction of sp³-hybridized carbons (Fsp3) is 0.929. The lowest BCUT2D eigenvalue weighted by molar-refractivity contribution is -0.148. The smallest absolute Gasteiger partial charge is 0.325 e. The van der Waals surface area contributed by atoms with E-state index in [9.17, 15) is 4.79 Å². The number of nitrogens with zero attached hydrogens (tertiary/aromatic N) is 1. The van der Waals surface area contributed by atoms with Crippen molar-refractivity contribution in [2.45, 2.75) is 59.0 Å². The van der Waals surface area contributed by atoms with Crippen LogP contribution in [0.1, 0.15) is 47.5 Å². The molecule has 1 unspecified atom stereocenters. The zero-order valence-electron chi connectivity index (χ0n) is 12.9. The van der Waals surface area contributed by atoms with Crippen LogP contribution in [-0.2, 0) is 9.53 Å². The Hall–Kier alpha value is -0.610. The van der Waals surface area contributed by atoms with Crippen LogP contribution >= 0.6 is 0 Å². The second-order valence-electron chi connectivity index (χ2n) is 5.31. The zero-order chi connectivity index (χ0) is 14.2. The highest BCUT2D eigenvalue weighted by Crippen LogP contribution is 2.14. The van der Waals surface area contributed by atoms with E-state index < -0.39 is 5.54 Å². The highest BCUT2D eigenvalue weighted by atomic mass is 16.5. The van der Waals surface area contributed by atoms with Crippen molar-refractivity contribution in [2.24, 2.45) is 0 Å². The first-order valence-electron chi connectivity index (χ1n) is 6.98. The number of carbonyl (C=O) groups excluding carboxylic acids is 1. The van der Waals surface area contributed by atoms with E-state index in [-0.39, 0.29) is 12.0 Å². The molecule has 18 heavy (non-hydrogen) atoms. The number of hydrogen-bond donors (Lipinski definition) is 1. The Morgan fingerprint density at radius 3 is 2.33 bits per heavy atom. The standard InChI is InChI=1S/C14H30N2O2/c1-7-10-16(8-2)11-9-14(5,13(17)18-6)15-12(3)4/h12,15H,7-11H2,1-6H3. The predicted octanol–water partition coefficient (Wildman–Crippen LogP) is 2.04. The van der Waals surface area contributed by atoms with Crippen molar-refractivity contribution in [3.8, 4) is 0 Å². The molecule has 0 bridgehead atoms. The Bertz CT molecular complexity index is 244. The molecule has 0 heterocycles. The Balaban J connectivity index is 4.54. The molecule has 0 aliphatic heterocycles. The van der Waals surface area contributed by atoms with Crippen molar-refractivity contribution in [3.05, 3.63) is 0 Å². The van der Waals surface area contributed by atoms with Gasteiger partial charge in [-0.05, 0) is 46.7 Å². The number of esters is 1. The number of ether oxygens (including phenoxy) is 1. The maximum atomic E-state index is 11.9. The van der Waals surface area contributed by atoms with Crippen LogP contribution < -0.4 is 5.32 Å². The largest absolute Gasteiger partial charge is 0.468 e. The van der Waals surface area contributed by atoms with Crippen LogP contribution in [0.5, 0.6) is 0 Å². The molecule has 0 spiro atoms. The van der Waals surface area contributed by atoms with Gasteiger partial charge in [-0.1, -0.05) is 13.8 Å². The van der Waals surface area contributed by atoms with Crippen molar-refractivity contribution < 1.29 is 9.53 Å². The first-order valence-corrected chi connectivity index (χ1v) is 6.98. The average Bonchev–Trinajstić information content (AvgIpc) is 2.32. The predicted molar refractivity (Wildman–Crippen MR) is 75.7 cm³/mol. The second kappa shape index (κ2) is 8.48. The van der Waals surface area contributed by atoms with Crippen LogP contribution in [0.15, 0.2) is 0 Å². The van der Waals surface area contributed by atoms with E-state index in [1.54, 1.807) is 0 Å². The van der Waals surface area contributed by atoms with Crippen molar-refractivity contribution in [1.82, 2.24) is 10.2 Å². The molecule has 0 radical (unpaired) electrons. The molecule has 4 nitrogen and oxygen atoms in total. The Morgan fingerprint density at radius 1 is 1.33 bits per heavy atom. The molecule has 0 saturated carbocycles. The average molecular weight is 258 g/mol. The summed E-state index contributed by atoms with van der Waals surface area (Å²) in [5, 5.41) is 3.33. The molecule has 0 fully saturated rings. The third-order valence-electron chi connectivity index (χ3n) is 3.16. The highest BCUT2D eigenvalue weighted by Gasteiger charge is 2.34. The summed E-state index contributed by atoms with van der Waals surface area (Å²) >= 11 is 0. The zero-order valence-corrected chi connectivity index (χ0v) is 12.9. The lowest BCUT2D eigenvalue weighted by atomic mass is 9.96. The molecule has 0 aromatic heterocycles. The number of nitrogens with one attached hydrogen (secondary N) is 1. The van der Waals surface area contributed by atoms with E-state index in [1.165, 1.54) is 7.11 Å². The van der Waals surface area contributed by atoms with Gasteiger partial charge < -0.3 is 9.64 Å². The van der Waals surface area contributed by atoms with Crippen LogP contribution in [0.25, 0.3) is 0 Å². The fourth-order valence-electron chi connectivity index (χ4n) is 2.22. The normalized spacial score (nSPS) is 14.9. The number of carbonyl (C=O) groups is 1. The van der Waals surface area contributed by atoms with Gasteiger partial charge in [-0.25, -0.2) is 0 Å². The van der Waals surface area contributed by atoms with E-state index >= 15 is 0 Å². The van der Waals surface area contributed by atoms with Crippen LogP contribution in [-0.4, -0.2) is 49.2 Å². The summed E-state index contributed by atoms with van der Waals surface area (Å²) in [6.45, 7) is 13.4. The molecule has 0 aliphatic carbocycles. The molecule has 0 saturated heterocycles. The molecule has 1 N–H and O–H groups in total. The Kier molecular flexibility index (Phi) is 8.20. The molecule has 0 amide bonds. The maximum Gasteiger partial charge on any atom is 0.325 e. The SMILES string of the molecule is CCCN(CC)CCC(C)(NC(C)C)C(=O)OC. The van der Waals surface area contributed by atoms with E-state index in [4.69, 9.17) is 4.74 Å². The number of rotatable bonds is 9. The van der Waals surface area contributed by atoms with Gasteiger partial charge in [-0.2, -0.15) is 0 Å². The van der Waals surface area contributed by atoms with Gasteiger partial charge in [0.15, 0.2) is 0 Å². The summed E-state index contributed by atoms with van der Waals surface area (Å²) < 4.78 is 4.92. The van der Waals surface area contributed by atoms with Crippen LogP contribution in [0.3, 0.4) is 0 Å². The molecule has 0 aromatic rings. The summed E-state index contributed by atoms with van der Waals surface area (Å²) in [5.41, 5.74) is -0.593. The van der Waals surface area contributed by atoms with Crippen molar-refractivity contribution in [1.29, 1.82) is 0 Å². The van der Waals surface area contributed by atoms with Gasteiger partial charge in [0.1, 0.15) is 5.54 Å². The van der Waals surface area contributed by atoms with Crippen molar-refractivity contribution in [3.63, 3.8) is 0 Å². The summed E-state index contributed by atoms with van der Waals surface area (Å²) in [5.74, 6) is -0.177. The van der Waals surface area contributed by atoms with Crippen molar-refractivity contribution >= 4 is 5.97 Å². The third-order valence-corrected chi connectivity index (χ3v) is 3.16. The van der Waals surface area contributed by atoms with Gasteiger partial charge in [-0.3, -0.25) is 10.1 Å². The van der Waals surface area contributed by atoms with E-state index in [0.717, 1.165) is 32.5 Å². The molecule has 4 heteroatoms. The summed E-state index contributed by atoms with van der Waals surface area (Å²) in [7, 11) is 1.45. The summed E-state index contributed by atoms with van der Waals surface area (Å²) in [6, 6.07) is 0.260. The third kappa shape index (κ3) is 5.83.